The van der Waals surface area contributed by atoms with Gasteiger partial charge in [-0.3, -0.25) is 4.79 Å². The van der Waals surface area contributed by atoms with Crippen molar-refractivity contribution in [3.8, 4) is 5.75 Å². The van der Waals surface area contributed by atoms with Gasteiger partial charge in [-0.2, -0.15) is 5.21 Å². The van der Waals surface area contributed by atoms with Crippen molar-refractivity contribution in [3.63, 3.8) is 0 Å². The van der Waals surface area contributed by atoms with E-state index in [1.54, 1.807) is 0 Å². The molecule has 0 radical (unpaired) electrons. The Morgan fingerprint density at radius 1 is 1.00 bits per heavy atom. The van der Waals surface area contributed by atoms with Crippen molar-refractivity contribution in [1.82, 2.24) is 25.2 Å². The average Bonchev–Trinajstić information content (AvgIpc) is 3.65. The first-order valence-corrected chi connectivity index (χ1v) is 13.6. The number of benzene rings is 3. The number of nitrogens with zero attached hydrogens (tertiary/aromatic N) is 4. The molecule has 0 amide bonds. The Morgan fingerprint density at radius 3 is 2.51 bits per heavy atom. The third-order valence-electron chi connectivity index (χ3n) is 6.61. The number of hydrogen-bond donors (Lipinski definition) is 1. The summed E-state index contributed by atoms with van der Waals surface area (Å²) in [5.74, 6) is 1.11. The largest absolute Gasteiger partial charge is 0.494 e. The van der Waals surface area contributed by atoms with E-state index in [0.29, 0.717) is 43.3 Å². The smallest absolute Gasteiger partial charge is 0.230 e. The molecule has 41 heavy (non-hydrogen) atoms. The number of H-pyrrole nitrogens is 1. The lowest BCUT2D eigenvalue weighted by Gasteiger charge is -2.14. The molecule has 0 aliphatic carbocycles. The number of ether oxygens (including phenoxy) is 3. The Balaban J connectivity index is 1.30. The van der Waals surface area contributed by atoms with E-state index in [0.717, 1.165) is 33.3 Å². The van der Waals surface area contributed by atoms with Crippen molar-refractivity contribution in [2.75, 3.05) is 13.2 Å². The van der Waals surface area contributed by atoms with Gasteiger partial charge in [0.1, 0.15) is 5.75 Å². The minimum Gasteiger partial charge on any atom is -0.494 e. The second kappa shape index (κ2) is 13.2. The monoisotopic (exact) mass is 551 g/mol. The molecule has 0 fully saturated rings. The van der Waals surface area contributed by atoms with Crippen LogP contribution in [0.3, 0.4) is 0 Å². The Labute approximate surface area is 238 Å². The summed E-state index contributed by atoms with van der Waals surface area (Å²) in [6.07, 6.45) is 5.41. The summed E-state index contributed by atoms with van der Waals surface area (Å²) >= 11 is 0. The zero-order valence-corrected chi connectivity index (χ0v) is 23.4. The first-order chi connectivity index (χ1) is 20.1. The fourth-order valence-electron chi connectivity index (χ4n) is 4.54. The maximum absolute atomic E-state index is 13.5. The van der Waals surface area contributed by atoms with Crippen LogP contribution >= 0.6 is 0 Å². The highest BCUT2D eigenvalue weighted by atomic mass is 16.7. The van der Waals surface area contributed by atoms with Crippen LogP contribution in [0, 0.1) is 6.92 Å². The van der Waals surface area contributed by atoms with Crippen LogP contribution in [0.1, 0.15) is 58.6 Å². The molecular weight excluding hydrogens is 518 g/mol. The minimum atomic E-state index is -0.679. The van der Waals surface area contributed by atoms with E-state index in [-0.39, 0.29) is 5.78 Å². The number of aromatic amines is 1. The second-order valence-electron chi connectivity index (χ2n) is 9.51. The summed E-state index contributed by atoms with van der Waals surface area (Å²) < 4.78 is 19.2. The number of aryl methyl sites for hydroxylation is 1. The van der Waals surface area contributed by atoms with Gasteiger partial charge in [0.2, 0.25) is 12.1 Å². The Morgan fingerprint density at radius 2 is 1.80 bits per heavy atom. The van der Waals surface area contributed by atoms with Crippen LogP contribution in [0.25, 0.3) is 17.0 Å². The molecule has 1 atom stereocenters. The van der Waals surface area contributed by atoms with E-state index >= 15 is 0 Å². The van der Waals surface area contributed by atoms with Crippen LogP contribution in [-0.2, 0) is 22.6 Å². The molecule has 210 valence electrons. The second-order valence-corrected chi connectivity index (χ2v) is 9.51. The van der Waals surface area contributed by atoms with E-state index in [4.69, 9.17) is 14.2 Å². The van der Waals surface area contributed by atoms with Gasteiger partial charge >= 0.3 is 0 Å². The fourth-order valence-corrected chi connectivity index (χ4v) is 4.54. The zero-order chi connectivity index (χ0) is 28.6. The van der Waals surface area contributed by atoms with E-state index in [1.165, 1.54) is 0 Å². The molecule has 5 rings (SSSR count). The van der Waals surface area contributed by atoms with Gasteiger partial charge in [-0.05, 0) is 55.3 Å². The molecule has 2 aromatic heterocycles. The van der Waals surface area contributed by atoms with Crippen molar-refractivity contribution in [1.29, 1.82) is 0 Å². The van der Waals surface area contributed by atoms with Gasteiger partial charge < -0.3 is 18.8 Å². The van der Waals surface area contributed by atoms with Crippen LogP contribution in [0.4, 0.5) is 0 Å². The summed E-state index contributed by atoms with van der Waals surface area (Å²) in [4.78, 5) is 13.5. The minimum absolute atomic E-state index is 0.00454. The van der Waals surface area contributed by atoms with Crippen LogP contribution in [0.15, 0.2) is 79.0 Å². The van der Waals surface area contributed by atoms with Gasteiger partial charge in [0, 0.05) is 41.4 Å². The summed E-state index contributed by atoms with van der Waals surface area (Å²) in [7, 11) is 0. The standard InChI is InChI=1S/C32H33N5O4/c1-4-39-26-16-17-29-27(19-26)28(30(38)25-14-8-22(3)9-15-25)20-37(29)18-6-7-23-10-12-24(13-11-23)21-41-32(40-5-2)31-33-35-36-34-31/h6-17,19-20,32H,4-5,18,21H2,1-3H3,(H,33,34,35,36)/t32-/m0/s1. The topological polar surface area (TPSA) is 104 Å². The molecule has 0 spiro atoms. The Bertz CT molecular complexity index is 1610. The molecule has 0 unspecified atom stereocenters. The number of carbonyl (C=O) groups is 1. The van der Waals surface area contributed by atoms with Gasteiger partial charge in [-0.1, -0.05) is 66.2 Å². The predicted octanol–water partition coefficient (Wildman–Crippen LogP) is 6.06. The maximum Gasteiger partial charge on any atom is 0.230 e. The molecule has 3 aromatic carbocycles. The SMILES string of the molecule is CCOc1ccc2c(c1)c(C(=O)c1ccc(C)cc1)cn2CC=Cc1ccc(CO[C@H](OCC)c2nn[nH]n2)cc1. The highest BCUT2D eigenvalue weighted by molar-refractivity contribution is 6.16. The first-order valence-electron chi connectivity index (χ1n) is 13.6. The Kier molecular flexibility index (Phi) is 8.98. The van der Waals surface area contributed by atoms with Crippen molar-refractivity contribution in [2.24, 2.45) is 0 Å². The van der Waals surface area contributed by atoms with E-state index in [1.807, 2.05) is 93.7 Å². The Hall–Kier alpha value is -4.60. The van der Waals surface area contributed by atoms with Gasteiger partial charge in [0.15, 0.2) is 5.78 Å². The van der Waals surface area contributed by atoms with Crippen LogP contribution in [0.5, 0.6) is 5.75 Å². The number of ketones is 1. The number of carbonyl (C=O) groups excluding carboxylic acids is 1. The lowest BCUT2D eigenvalue weighted by Crippen LogP contribution is -2.11. The van der Waals surface area contributed by atoms with E-state index in [2.05, 4.69) is 37.3 Å². The molecule has 0 saturated heterocycles. The average molecular weight is 552 g/mol. The van der Waals surface area contributed by atoms with Crippen molar-refractivity contribution < 1.29 is 19.0 Å². The number of rotatable bonds is 13. The molecule has 2 heterocycles. The third kappa shape index (κ3) is 6.77. The van der Waals surface area contributed by atoms with Gasteiger partial charge in [-0.25, -0.2) is 0 Å². The highest BCUT2D eigenvalue weighted by Crippen LogP contribution is 2.28. The number of tetrazole rings is 1. The third-order valence-corrected chi connectivity index (χ3v) is 6.61. The summed E-state index contributed by atoms with van der Waals surface area (Å²) in [6, 6.07) is 21.7. The molecule has 5 aromatic rings. The van der Waals surface area contributed by atoms with Crippen molar-refractivity contribution >= 4 is 22.8 Å². The van der Waals surface area contributed by atoms with Gasteiger partial charge in [0.05, 0.1) is 13.2 Å². The zero-order valence-electron chi connectivity index (χ0n) is 23.4. The van der Waals surface area contributed by atoms with Crippen LogP contribution in [0.2, 0.25) is 0 Å². The number of fused-ring (bicyclic) bond motifs is 1. The van der Waals surface area contributed by atoms with Gasteiger partial charge in [-0.15, -0.1) is 10.2 Å². The quantitative estimate of drug-likeness (QED) is 0.140. The molecule has 9 nitrogen and oxygen atoms in total. The number of allylic oxidation sites excluding steroid dienone is 1. The molecule has 0 aliphatic rings. The molecule has 1 N–H and O–H groups in total. The van der Waals surface area contributed by atoms with E-state index < -0.39 is 6.29 Å². The molecule has 0 saturated carbocycles. The van der Waals surface area contributed by atoms with Gasteiger partial charge in [0.25, 0.3) is 0 Å². The molecule has 0 aliphatic heterocycles. The summed E-state index contributed by atoms with van der Waals surface area (Å²) in [5, 5.41) is 14.8. The number of hydrogen-bond acceptors (Lipinski definition) is 7. The first kappa shape index (κ1) is 27.9. The summed E-state index contributed by atoms with van der Waals surface area (Å²) in [6.45, 7) is 7.83. The van der Waals surface area contributed by atoms with Crippen LogP contribution in [-0.4, -0.2) is 44.2 Å². The lowest BCUT2D eigenvalue weighted by molar-refractivity contribution is -0.155. The molecular formula is C32H33N5O4. The molecule has 9 heteroatoms. The van der Waals surface area contributed by atoms with Crippen molar-refractivity contribution in [3.05, 3.63) is 113 Å². The number of aromatic nitrogens is 5. The maximum atomic E-state index is 13.5. The summed E-state index contributed by atoms with van der Waals surface area (Å²) in [5.41, 5.74) is 5.48. The number of nitrogens with one attached hydrogen (secondary N) is 1. The van der Waals surface area contributed by atoms with Crippen molar-refractivity contribution in [2.45, 2.75) is 40.2 Å². The highest BCUT2D eigenvalue weighted by Gasteiger charge is 2.18. The molecule has 0 bridgehead atoms. The fraction of sp³-hybridized carbons (Fsp3) is 0.250. The van der Waals surface area contributed by atoms with Crippen LogP contribution < -0.4 is 4.74 Å². The van der Waals surface area contributed by atoms with E-state index in [9.17, 15) is 4.79 Å². The predicted molar refractivity (Wildman–Crippen MR) is 157 cm³/mol. The normalized spacial score (nSPS) is 12.3. The lowest BCUT2D eigenvalue weighted by atomic mass is 10.0.